The SMILES string of the molecule is Cc1cccc(C(C)C(=O)NCc2ccccc2CO)c1. The quantitative estimate of drug-likeness (QED) is 0.886. The fourth-order valence-electron chi connectivity index (χ4n) is 2.31. The lowest BCUT2D eigenvalue weighted by atomic mass is 9.98. The number of aliphatic hydroxyl groups is 1. The molecule has 0 aliphatic rings. The molecule has 0 aliphatic heterocycles. The summed E-state index contributed by atoms with van der Waals surface area (Å²) in [6, 6.07) is 15.6. The summed E-state index contributed by atoms with van der Waals surface area (Å²) in [7, 11) is 0. The minimum Gasteiger partial charge on any atom is -0.392 e. The summed E-state index contributed by atoms with van der Waals surface area (Å²) in [6.45, 7) is 4.35. The molecular formula is C18H21NO2. The molecule has 110 valence electrons. The van der Waals surface area contributed by atoms with Gasteiger partial charge in [0.05, 0.1) is 12.5 Å². The predicted octanol–water partition coefficient (Wildman–Crippen LogP) is 2.91. The van der Waals surface area contributed by atoms with E-state index in [0.29, 0.717) is 6.54 Å². The Hall–Kier alpha value is -2.13. The standard InChI is InChI=1S/C18H21NO2/c1-13-6-5-9-15(10-13)14(2)18(21)19-11-16-7-3-4-8-17(16)12-20/h3-10,14,20H,11-12H2,1-2H3,(H,19,21). The number of carbonyl (C=O) groups excluding carboxylic acids is 1. The summed E-state index contributed by atoms with van der Waals surface area (Å²) >= 11 is 0. The van der Waals surface area contributed by atoms with Gasteiger partial charge in [-0.2, -0.15) is 0 Å². The molecule has 0 saturated carbocycles. The monoisotopic (exact) mass is 283 g/mol. The Balaban J connectivity index is 2.01. The second-order valence-electron chi connectivity index (χ2n) is 5.28. The molecular weight excluding hydrogens is 262 g/mol. The first-order valence-electron chi connectivity index (χ1n) is 7.13. The van der Waals surface area contributed by atoms with Crippen molar-refractivity contribution in [1.82, 2.24) is 5.32 Å². The number of nitrogens with one attached hydrogen (secondary N) is 1. The maximum Gasteiger partial charge on any atom is 0.227 e. The van der Waals surface area contributed by atoms with Crippen molar-refractivity contribution in [2.75, 3.05) is 0 Å². The lowest BCUT2D eigenvalue weighted by Gasteiger charge is -2.14. The van der Waals surface area contributed by atoms with Crippen LogP contribution in [0, 0.1) is 6.92 Å². The van der Waals surface area contributed by atoms with Crippen molar-refractivity contribution in [3.05, 3.63) is 70.8 Å². The smallest absolute Gasteiger partial charge is 0.227 e. The number of rotatable bonds is 5. The van der Waals surface area contributed by atoms with E-state index in [9.17, 15) is 9.90 Å². The van der Waals surface area contributed by atoms with Crippen LogP contribution in [0.2, 0.25) is 0 Å². The lowest BCUT2D eigenvalue weighted by molar-refractivity contribution is -0.122. The van der Waals surface area contributed by atoms with Crippen LogP contribution in [0.4, 0.5) is 0 Å². The molecule has 1 amide bonds. The highest BCUT2D eigenvalue weighted by molar-refractivity contribution is 5.83. The number of aryl methyl sites for hydroxylation is 1. The first kappa shape index (κ1) is 15.3. The Bertz CT molecular complexity index is 622. The third kappa shape index (κ3) is 3.92. The van der Waals surface area contributed by atoms with Crippen LogP contribution in [0.25, 0.3) is 0 Å². The predicted molar refractivity (Wildman–Crippen MR) is 83.8 cm³/mol. The fraction of sp³-hybridized carbons (Fsp3) is 0.278. The molecule has 0 spiro atoms. The second-order valence-corrected chi connectivity index (χ2v) is 5.28. The summed E-state index contributed by atoms with van der Waals surface area (Å²) < 4.78 is 0. The number of amides is 1. The molecule has 2 aromatic rings. The molecule has 0 aromatic heterocycles. The molecule has 1 atom stereocenters. The van der Waals surface area contributed by atoms with Crippen molar-refractivity contribution in [2.45, 2.75) is 32.9 Å². The average Bonchev–Trinajstić information content (AvgIpc) is 2.52. The third-order valence-corrected chi connectivity index (χ3v) is 3.68. The Morgan fingerprint density at radius 1 is 1.14 bits per heavy atom. The van der Waals surface area contributed by atoms with E-state index in [2.05, 4.69) is 5.32 Å². The average molecular weight is 283 g/mol. The number of aliphatic hydroxyl groups excluding tert-OH is 1. The topological polar surface area (TPSA) is 49.3 Å². The Labute approximate surface area is 125 Å². The fourth-order valence-corrected chi connectivity index (χ4v) is 2.31. The maximum atomic E-state index is 12.3. The van der Waals surface area contributed by atoms with E-state index in [0.717, 1.165) is 22.3 Å². The Morgan fingerprint density at radius 2 is 1.86 bits per heavy atom. The van der Waals surface area contributed by atoms with Crippen LogP contribution in [0.1, 0.15) is 35.1 Å². The Morgan fingerprint density at radius 3 is 2.52 bits per heavy atom. The van der Waals surface area contributed by atoms with Gasteiger partial charge < -0.3 is 10.4 Å². The van der Waals surface area contributed by atoms with Crippen LogP contribution >= 0.6 is 0 Å². The van der Waals surface area contributed by atoms with E-state index in [1.54, 1.807) is 0 Å². The highest BCUT2D eigenvalue weighted by Crippen LogP contribution is 2.17. The molecule has 1 unspecified atom stereocenters. The van der Waals surface area contributed by atoms with E-state index < -0.39 is 0 Å². The molecule has 0 heterocycles. The molecule has 0 fully saturated rings. The van der Waals surface area contributed by atoms with E-state index in [4.69, 9.17) is 0 Å². The van der Waals surface area contributed by atoms with Crippen molar-refractivity contribution >= 4 is 5.91 Å². The summed E-state index contributed by atoms with van der Waals surface area (Å²) in [5.41, 5.74) is 3.96. The summed E-state index contributed by atoms with van der Waals surface area (Å²) in [6.07, 6.45) is 0. The van der Waals surface area contributed by atoms with E-state index in [-0.39, 0.29) is 18.4 Å². The first-order valence-corrected chi connectivity index (χ1v) is 7.13. The molecule has 2 N–H and O–H groups in total. The number of hydrogen-bond acceptors (Lipinski definition) is 2. The number of carbonyl (C=O) groups is 1. The van der Waals surface area contributed by atoms with Crippen LogP contribution in [-0.4, -0.2) is 11.0 Å². The zero-order valence-electron chi connectivity index (χ0n) is 12.5. The second kappa shape index (κ2) is 7.04. The molecule has 0 aliphatic carbocycles. The minimum atomic E-state index is -0.189. The minimum absolute atomic E-state index is 0.00616. The van der Waals surface area contributed by atoms with Gasteiger partial charge in [-0.05, 0) is 30.5 Å². The van der Waals surface area contributed by atoms with Gasteiger partial charge in [0.1, 0.15) is 0 Å². The first-order chi connectivity index (χ1) is 10.1. The van der Waals surface area contributed by atoms with Crippen LogP contribution in [0.15, 0.2) is 48.5 Å². The summed E-state index contributed by atoms with van der Waals surface area (Å²) in [5, 5.41) is 12.2. The van der Waals surface area contributed by atoms with E-state index >= 15 is 0 Å². The van der Waals surface area contributed by atoms with Crippen molar-refractivity contribution in [2.24, 2.45) is 0 Å². The highest BCUT2D eigenvalue weighted by atomic mass is 16.3. The van der Waals surface area contributed by atoms with Crippen LogP contribution in [0.3, 0.4) is 0 Å². The van der Waals surface area contributed by atoms with Gasteiger partial charge in [-0.15, -0.1) is 0 Å². The molecule has 2 aromatic carbocycles. The largest absolute Gasteiger partial charge is 0.392 e. The molecule has 3 heteroatoms. The molecule has 2 rings (SSSR count). The van der Waals surface area contributed by atoms with Crippen molar-refractivity contribution < 1.29 is 9.90 Å². The van der Waals surface area contributed by atoms with Crippen LogP contribution in [0.5, 0.6) is 0 Å². The van der Waals surface area contributed by atoms with Gasteiger partial charge in [-0.3, -0.25) is 4.79 Å². The van der Waals surface area contributed by atoms with Crippen LogP contribution < -0.4 is 5.32 Å². The van der Waals surface area contributed by atoms with Gasteiger partial charge in [-0.1, -0.05) is 54.1 Å². The van der Waals surface area contributed by atoms with Gasteiger partial charge in [0, 0.05) is 6.54 Å². The van der Waals surface area contributed by atoms with Gasteiger partial charge >= 0.3 is 0 Å². The molecule has 21 heavy (non-hydrogen) atoms. The molecule has 0 radical (unpaired) electrons. The van der Waals surface area contributed by atoms with Gasteiger partial charge in [0.2, 0.25) is 5.91 Å². The van der Waals surface area contributed by atoms with Gasteiger partial charge in [-0.25, -0.2) is 0 Å². The Kier molecular flexibility index (Phi) is 5.12. The molecule has 0 saturated heterocycles. The zero-order chi connectivity index (χ0) is 15.2. The summed E-state index contributed by atoms with van der Waals surface area (Å²) in [5.74, 6) is -0.195. The number of hydrogen-bond donors (Lipinski definition) is 2. The van der Waals surface area contributed by atoms with Crippen molar-refractivity contribution in [1.29, 1.82) is 0 Å². The van der Waals surface area contributed by atoms with Crippen molar-refractivity contribution in [3.63, 3.8) is 0 Å². The normalized spacial score (nSPS) is 12.0. The highest BCUT2D eigenvalue weighted by Gasteiger charge is 2.15. The summed E-state index contributed by atoms with van der Waals surface area (Å²) in [4.78, 5) is 12.3. The van der Waals surface area contributed by atoms with Crippen molar-refractivity contribution in [3.8, 4) is 0 Å². The lowest BCUT2D eigenvalue weighted by Crippen LogP contribution is -2.28. The van der Waals surface area contributed by atoms with Crippen LogP contribution in [-0.2, 0) is 17.9 Å². The van der Waals surface area contributed by atoms with E-state index in [1.807, 2.05) is 62.4 Å². The van der Waals surface area contributed by atoms with Gasteiger partial charge in [0.25, 0.3) is 0 Å². The number of benzene rings is 2. The zero-order valence-corrected chi connectivity index (χ0v) is 12.5. The molecule has 0 bridgehead atoms. The molecule has 3 nitrogen and oxygen atoms in total. The third-order valence-electron chi connectivity index (χ3n) is 3.68. The maximum absolute atomic E-state index is 12.3. The van der Waals surface area contributed by atoms with Gasteiger partial charge in [0.15, 0.2) is 0 Å². The van der Waals surface area contributed by atoms with E-state index in [1.165, 1.54) is 0 Å².